The molecule has 4 N–H and O–H groups in total. The summed E-state index contributed by atoms with van der Waals surface area (Å²) in [7, 11) is 1.60. The number of hydrogen-bond donors (Lipinski definition) is 3. The van der Waals surface area contributed by atoms with Gasteiger partial charge < -0.3 is 30.6 Å². The first-order valence-corrected chi connectivity index (χ1v) is 13.0. The fourth-order valence-electron chi connectivity index (χ4n) is 4.40. The first-order valence-electron chi connectivity index (χ1n) is 13.0. The number of halogens is 1. The molecule has 208 valence electrons. The number of ether oxygens (including phenoxy) is 3. The summed E-state index contributed by atoms with van der Waals surface area (Å²) in [5, 5.41) is 6.68. The predicted molar refractivity (Wildman–Crippen MR) is 152 cm³/mol. The molecule has 3 aromatic carbocycles. The van der Waals surface area contributed by atoms with E-state index in [-0.39, 0.29) is 11.4 Å². The van der Waals surface area contributed by atoms with Crippen LogP contribution < -0.4 is 25.8 Å². The van der Waals surface area contributed by atoms with E-state index in [0.717, 1.165) is 44.7 Å². The fourth-order valence-corrected chi connectivity index (χ4v) is 4.40. The number of nitrogens with two attached hydrogens (primary N) is 1. The summed E-state index contributed by atoms with van der Waals surface area (Å²) < 4.78 is 30.6. The zero-order valence-electron chi connectivity index (χ0n) is 22.2. The van der Waals surface area contributed by atoms with Crippen molar-refractivity contribution in [2.45, 2.75) is 6.42 Å². The first kappa shape index (κ1) is 27.1. The maximum atomic E-state index is 13.5. The van der Waals surface area contributed by atoms with Crippen LogP contribution in [0.5, 0.6) is 11.5 Å². The van der Waals surface area contributed by atoms with Crippen LogP contribution in [-0.4, -0.2) is 67.3 Å². The maximum Gasteiger partial charge on any atom is 0.255 e. The summed E-state index contributed by atoms with van der Waals surface area (Å²) in [5.74, 6) is 0.894. The van der Waals surface area contributed by atoms with E-state index in [1.54, 1.807) is 31.4 Å². The maximum absolute atomic E-state index is 13.5. The standard InChI is InChI=1S/C29H31FN6O4/c1-38-26-17-24-22(16-27(26)40-12-2-9-36-10-13-39-14-11-36)28(33-18-32-24)34-21-6-3-19(4-7-21)29(37)35-25-15-20(30)5-8-23(25)31/h3-8,15-18H,2,9-14,31H2,1H3,(H,35,37)(H,32,33,34). The molecule has 1 amide bonds. The van der Waals surface area contributed by atoms with E-state index in [9.17, 15) is 9.18 Å². The number of hydrogen-bond acceptors (Lipinski definition) is 9. The summed E-state index contributed by atoms with van der Waals surface area (Å²) in [4.78, 5) is 23.8. The smallest absolute Gasteiger partial charge is 0.255 e. The summed E-state index contributed by atoms with van der Waals surface area (Å²) in [6, 6.07) is 14.3. The molecule has 0 spiro atoms. The number of amides is 1. The Labute approximate surface area is 231 Å². The SMILES string of the molecule is COc1cc2ncnc(Nc3ccc(C(=O)Nc4cc(F)ccc4N)cc3)c2cc1OCCCN1CCOCC1. The molecule has 0 bridgehead atoms. The van der Waals surface area contributed by atoms with Crippen LogP contribution in [0.15, 0.2) is 60.9 Å². The van der Waals surface area contributed by atoms with Gasteiger partial charge in [-0.3, -0.25) is 9.69 Å². The van der Waals surface area contributed by atoms with E-state index < -0.39 is 11.7 Å². The number of aromatic nitrogens is 2. The van der Waals surface area contributed by atoms with Crippen LogP contribution in [0.3, 0.4) is 0 Å². The third-order valence-electron chi connectivity index (χ3n) is 6.57. The molecular weight excluding hydrogens is 515 g/mol. The van der Waals surface area contributed by atoms with Gasteiger partial charge in [-0.25, -0.2) is 14.4 Å². The van der Waals surface area contributed by atoms with E-state index in [1.807, 2.05) is 12.1 Å². The third-order valence-corrected chi connectivity index (χ3v) is 6.57. The molecule has 1 fully saturated rings. The van der Waals surface area contributed by atoms with E-state index >= 15 is 0 Å². The number of rotatable bonds is 10. The molecule has 2 heterocycles. The molecule has 1 saturated heterocycles. The van der Waals surface area contributed by atoms with Crippen LogP contribution in [0.25, 0.3) is 10.9 Å². The summed E-state index contributed by atoms with van der Waals surface area (Å²) in [6.45, 7) is 4.92. The fraction of sp³-hybridized carbons (Fsp3) is 0.276. The van der Waals surface area contributed by atoms with Crippen molar-refractivity contribution < 1.29 is 23.4 Å². The van der Waals surface area contributed by atoms with Crippen molar-refractivity contribution in [2.75, 3.05) is 62.9 Å². The predicted octanol–water partition coefficient (Wildman–Crippen LogP) is 4.46. The number of nitrogen functional groups attached to an aromatic ring is 1. The quantitative estimate of drug-likeness (QED) is 0.195. The molecule has 0 aliphatic carbocycles. The van der Waals surface area contributed by atoms with E-state index in [0.29, 0.717) is 40.7 Å². The Balaban J connectivity index is 1.27. The highest BCUT2D eigenvalue weighted by atomic mass is 19.1. The van der Waals surface area contributed by atoms with Crippen molar-refractivity contribution in [1.82, 2.24) is 14.9 Å². The topological polar surface area (TPSA) is 124 Å². The highest BCUT2D eigenvalue weighted by Crippen LogP contribution is 2.35. The van der Waals surface area contributed by atoms with Gasteiger partial charge in [0.15, 0.2) is 11.5 Å². The molecule has 0 unspecified atom stereocenters. The highest BCUT2D eigenvalue weighted by Gasteiger charge is 2.14. The number of methoxy groups -OCH3 is 1. The van der Waals surface area contributed by atoms with Gasteiger partial charge in [0.05, 0.1) is 43.8 Å². The molecule has 1 aromatic heterocycles. The average molecular weight is 547 g/mol. The highest BCUT2D eigenvalue weighted by molar-refractivity contribution is 6.06. The van der Waals surface area contributed by atoms with Gasteiger partial charge in [0.1, 0.15) is 18.0 Å². The minimum Gasteiger partial charge on any atom is -0.493 e. The number of benzene rings is 3. The Morgan fingerprint density at radius 3 is 2.65 bits per heavy atom. The van der Waals surface area contributed by atoms with E-state index in [4.69, 9.17) is 19.9 Å². The Kier molecular flexibility index (Phi) is 8.53. The number of nitrogens with one attached hydrogen (secondary N) is 2. The number of nitrogens with zero attached hydrogens (tertiary/aromatic N) is 3. The minimum atomic E-state index is -0.486. The van der Waals surface area contributed by atoms with Crippen molar-refractivity contribution in [3.8, 4) is 11.5 Å². The van der Waals surface area contributed by atoms with Crippen LogP contribution in [0.4, 0.5) is 27.3 Å². The Hall–Kier alpha value is -4.48. The third kappa shape index (κ3) is 6.56. The number of morpholine rings is 1. The molecule has 5 rings (SSSR count). The minimum absolute atomic E-state index is 0.217. The molecule has 10 nitrogen and oxygen atoms in total. The molecule has 11 heteroatoms. The average Bonchev–Trinajstić information content (AvgIpc) is 2.98. The number of anilines is 4. The lowest BCUT2D eigenvalue weighted by molar-refractivity contribution is 0.0357. The first-order chi connectivity index (χ1) is 19.5. The second-order valence-corrected chi connectivity index (χ2v) is 9.29. The van der Waals surface area contributed by atoms with Crippen molar-refractivity contribution in [2.24, 2.45) is 0 Å². The number of carbonyl (C=O) groups excluding carboxylic acids is 1. The van der Waals surface area contributed by atoms with Gasteiger partial charge in [-0.1, -0.05) is 0 Å². The van der Waals surface area contributed by atoms with Crippen molar-refractivity contribution in [3.05, 3.63) is 72.3 Å². The van der Waals surface area contributed by atoms with Crippen molar-refractivity contribution >= 4 is 39.7 Å². The zero-order chi connectivity index (χ0) is 27.9. The molecule has 0 atom stereocenters. The zero-order valence-corrected chi connectivity index (χ0v) is 22.2. The normalized spacial score (nSPS) is 13.7. The second-order valence-electron chi connectivity index (χ2n) is 9.29. The van der Waals surface area contributed by atoms with Gasteiger partial charge in [-0.15, -0.1) is 0 Å². The van der Waals surface area contributed by atoms with E-state index in [1.165, 1.54) is 24.5 Å². The molecule has 1 aliphatic rings. The molecular formula is C29H31FN6O4. The molecule has 4 aromatic rings. The van der Waals surface area contributed by atoms with Gasteiger partial charge >= 0.3 is 0 Å². The van der Waals surface area contributed by atoms with Gasteiger partial charge in [0.2, 0.25) is 0 Å². The van der Waals surface area contributed by atoms with Crippen LogP contribution in [0.2, 0.25) is 0 Å². The summed E-state index contributed by atoms with van der Waals surface area (Å²) in [5.41, 5.74) is 8.13. The van der Waals surface area contributed by atoms with Gasteiger partial charge in [-0.2, -0.15) is 0 Å². The second kappa shape index (κ2) is 12.6. The lowest BCUT2D eigenvalue weighted by atomic mass is 10.1. The van der Waals surface area contributed by atoms with Gasteiger partial charge in [0.25, 0.3) is 5.91 Å². The molecule has 0 saturated carbocycles. The summed E-state index contributed by atoms with van der Waals surface area (Å²) in [6.07, 6.45) is 2.35. The Bertz CT molecular complexity index is 1480. The van der Waals surface area contributed by atoms with Crippen LogP contribution in [0.1, 0.15) is 16.8 Å². The monoisotopic (exact) mass is 546 g/mol. The van der Waals surface area contributed by atoms with Crippen molar-refractivity contribution in [1.29, 1.82) is 0 Å². The number of carbonyl (C=O) groups is 1. The molecule has 40 heavy (non-hydrogen) atoms. The van der Waals surface area contributed by atoms with Crippen molar-refractivity contribution in [3.63, 3.8) is 0 Å². The lowest BCUT2D eigenvalue weighted by Crippen LogP contribution is -2.37. The van der Waals surface area contributed by atoms with Crippen LogP contribution in [-0.2, 0) is 4.74 Å². The van der Waals surface area contributed by atoms with Crippen LogP contribution >= 0.6 is 0 Å². The largest absolute Gasteiger partial charge is 0.493 e. The van der Waals surface area contributed by atoms with Crippen LogP contribution in [0, 0.1) is 5.82 Å². The molecule has 0 radical (unpaired) electrons. The van der Waals surface area contributed by atoms with Gasteiger partial charge in [0, 0.05) is 42.3 Å². The van der Waals surface area contributed by atoms with Gasteiger partial charge in [-0.05, 0) is 55.0 Å². The number of fused-ring (bicyclic) bond motifs is 1. The Morgan fingerprint density at radius 2 is 1.88 bits per heavy atom. The summed E-state index contributed by atoms with van der Waals surface area (Å²) >= 11 is 0. The lowest BCUT2D eigenvalue weighted by Gasteiger charge is -2.26. The Morgan fingerprint density at radius 1 is 1.07 bits per heavy atom. The molecule has 1 aliphatic heterocycles. The van der Waals surface area contributed by atoms with E-state index in [2.05, 4.69) is 25.5 Å².